The first-order chi connectivity index (χ1) is 9.33. The molecule has 0 bridgehead atoms. The van der Waals surface area contributed by atoms with Crippen LogP contribution in [0.5, 0.6) is 0 Å². The summed E-state index contributed by atoms with van der Waals surface area (Å²) in [7, 11) is 0. The summed E-state index contributed by atoms with van der Waals surface area (Å²) < 4.78 is 0. The minimum Gasteiger partial charge on any atom is -0.0892 e. The highest BCUT2D eigenvalue weighted by Crippen LogP contribution is 2.32. The van der Waals surface area contributed by atoms with E-state index in [9.17, 15) is 0 Å². The summed E-state index contributed by atoms with van der Waals surface area (Å²) in [5.41, 5.74) is 11.0. The van der Waals surface area contributed by atoms with Crippen LogP contribution in [0.1, 0.15) is 11.1 Å². The number of hydrogen-bond donors (Lipinski definition) is 0. The van der Waals surface area contributed by atoms with E-state index in [0.717, 1.165) is 5.56 Å². The van der Waals surface area contributed by atoms with Gasteiger partial charge in [-0.25, -0.2) is 0 Å². The van der Waals surface area contributed by atoms with Gasteiger partial charge in [-0.15, -0.1) is 0 Å². The molecule has 0 spiro atoms. The first-order valence-electron chi connectivity index (χ1n) is 6.22. The van der Waals surface area contributed by atoms with Gasteiger partial charge in [-0.2, -0.15) is 0 Å². The van der Waals surface area contributed by atoms with Crippen LogP contribution in [0.2, 0.25) is 0 Å². The molecular weight excluding hydrogens is 234 g/mol. The molecule has 0 N–H and O–H groups in total. The Morgan fingerprint density at radius 2 is 1.37 bits per heavy atom. The number of benzene rings is 3. The lowest BCUT2D eigenvalue weighted by Crippen LogP contribution is -1.91. The molecule has 3 nitrogen and oxygen atoms in total. The average molecular weight is 247 g/mol. The molecule has 0 aromatic heterocycles. The van der Waals surface area contributed by atoms with Crippen LogP contribution < -0.4 is 0 Å². The first kappa shape index (κ1) is 11.6. The van der Waals surface area contributed by atoms with Crippen LogP contribution in [0.25, 0.3) is 32.0 Å². The summed E-state index contributed by atoms with van der Waals surface area (Å²) in [4.78, 5) is 2.89. The van der Waals surface area contributed by atoms with E-state index in [2.05, 4.69) is 41.2 Å². The molecule has 0 amide bonds. The summed E-state index contributed by atoms with van der Waals surface area (Å²) >= 11 is 0. The monoisotopic (exact) mass is 247 g/mol. The lowest BCUT2D eigenvalue weighted by Gasteiger charge is -2.13. The van der Waals surface area contributed by atoms with E-state index in [1.807, 2.05) is 24.3 Å². The Hall–Kier alpha value is -2.51. The van der Waals surface area contributed by atoms with Crippen molar-refractivity contribution in [2.75, 3.05) is 0 Å². The molecule has 0 saturated carbocycles. The molecule has 0 radical (unpaired) electrons. The molecule has 0 aliphatic carbocycles. The molecule has 19 heavy (non-hydrogen) atoms. The van der Waals surface area contributed by atoms with E-state index in [4.69, 9.17) is 5.53 Å². The van der Waals surface area contributed by atoms with E-state index in [1.165, 1.54) is 27.1 Å². The molecule has 3 aromatic rings. The van der Waals surface area contributed by atoms with E-state index in [1.54, 1.807) is 0 Å². The zero-order valence-corrected chi connectivity index (χ0v) is 10.7. The fourth-order valence-electron chi connectivity index (χ4n) is 2.71. The topological polar surface area (TPSA) is 48.8 Å². The molecule has 0 aliphatic rings. The van der Waals surface area contributed by atoms with Gasteiger partial charge >= 0.3 is 0 Å². The molecule has 0 unspecified atom stereocenters. The molecule has 0 heterocycles. The molecule has 3 aromatic carbocycles. The van der Waals surface area contributed by atoms with Crippen LogP contribution in [0.15, 0.2) is 53.6 Å². The Balaban J connectivity index is 2.52. The molecule has 0 aliphatic heterocycles. The third kappa shape index (κ3) is 1.81. The number of nitrogens with zero attached hydrogens (tertiary/aromatic N) is 3. The number of aryl methyl sites for hydroxylation is 1. The van der Waals surface area contributed by atoms with Crippen molar-refractivity contribution in [3.05, 3.63) is 70.1 Å². The average Bonchev–Trinajstić information content (AvgIpc) is 2.47. The van der Waals surface area contributed by atoms with E-state index < -0.39 is 0 Å². The zero-order valence-electron chi connectivity index (χ0n) is 10.7. The predicted molar refractivity (Wildman–Crippen MR) is 79.0 cm³/mol. The summed E-state index contributed by atoms with van der Waals surface area (Å²) in [5.74, 6) is 0. The Morgan fingerprint density at radius 3 is 1.84 bits per heavy atom. The van der Waals surface area contributed by atoms with Crippen LogP contribution in [-0.2, 0) is 6.54 Å². The van der Waals surface area contributed by atoms with Crippen molar-refractivity contribution < 1.29 is 0 Å². The molecule has 3 heteroatoms. The van der Waals surface area contributed by atoms with E-state index in [0.29, 0.717) is 6.54 Å². The zero-order chi connectivity index (χ0) is 13.2. The van der Waals surface area contributed by atoms with Crippen molar-refractivity contribution in [3.8, 4) is 0 Å². The molecular formula is C16H13N3. The first-order valence-corrected chi connectivity index (χ1v) is 6.22. The molecule has 0 saturated heterocycles. The SMILES string of the molecule is Cc1c2ccccc2c(CN=[N+]=[N-])c2ccccc12. The van der Waals surface area contributed by atoms with Crippen LogP contribution >= 0.6 is 0 Å². The van der Waals surface area contributed by atoms with Crippen molar-refractivity contribution in [1.29, 1.82) is 0 Å². The van der Waals surface area contributed by atoms with Gasteiger partial charge in [0.15, 0.2) is 0 Å². The third-order valence-corrected chi connectivity index (χ3v) is 3.60. The van der Waals surface area contributed by atoms with Crippen molar-refractivity contribution in [2.45, 2.75) is 13.5 Å². The van der Waals surface area contributed by atoms with Gasteiger partial charge in [0.1, 0.15) is 0 Å². The smallest absolute Gasteiger partial charge is 0.0523 e. The minimum absolute atomic E-state index is 0.387. The normalized spacial score (nSPS) is 10.6. The Bertz CT molecular complexity index is 758. The van der Waals surface area contributed by atoms with E-state index in [-0.39, 0.29) is 0 Å². The van der Waals surface area contributed by atoms with Crippen LogP contribution in [0.4, 0.5) is 0 Å². The van der Waals surface area contributed by atoms with Gasteiger partial charge in [0.05, 0.1) is 6.54 Å². The maximum atomic E-state index is 8.58. The number of hydrogen-bond acceptors (Lipinski definition) is 1. The van der Waals surface area contributed by atoms with Gasteiger partial charge < -0.3 is 0 Å². The lowest BCUT2D eigenvalue weighted by atomic mass is 9.92. The van der Waals surface area contributed by atoms with Crippen LogP contribution in [0, 0.1) is 6.92 Å². The van der Waals surface area contributed by atoms with Gasteiger partial charge in [0.2, 0.25) is 0 Å². The highest BCUT2D eigenvalue weighted by molar-refractivity contribution is 6.05. The summed E-state index contributed by atoms with van der Waals surface area (Å²) in [6, 6.07) is 16.6. The number of azide groups is 1. The standard InChI is InChI=1S/C16H13N3/c1-11-12-6-2-4-8-14(12)16(10-18-19-17)15-9-5-3-7-13(11)15/h2-9H,10H2,1H3. The highest BCUT2D eigenvalue weighted by Gasteiger charge is 2.09. The maximum absolute atomic E-state index is 8.58. The van der Waals surface area contributed by atoms with Gasteiger partial charge in [-0.1, -0.05) is 53.6 Å². The summed E-state index contributed by atoms with van der Waals surface area (Å²) in [5, 5.41) is 8.55. The molecule has 3 rings (SSSR count). The molecule has 92 valence electrons. The Morgan fingerprint density at radius 1 is 0.895 bits per heavy atom. The lowest BCUT2D eigenvalue weighted by molar-refractivity contribution is 1.07. The van der Waals surface area contributed by atoms with Crippen molar-refractivity contribution in [3.63, 3.8) is 0 Å². The highest BCUT2D eigenvalue weighted by atomic mass is 15.1. The quantitative estimate of drug-likeness (QED) is 0.261. The Kier molecular flexibility index (Phi) is 2.82. The van der Waals surface area contributed by atoms with Gasteiger partial charge in [0.25, 0.3) is 0 Å². The van der Waals surface area contributed by atoms with Crippen LogP contribution in [-0.4, -0.2) is 0 Å². The summed E-state index contributed by atoms with van der Waals surface area (Å²) in [6.45, 7) is 2.53. The largest absolute Gasteiger partial charge is 0.0892 e. The van der Waals surface area contributed by atoms with Crippen LogP contribution in [0.3, 0.4) is 0 Å². The predicted octanol–water partition coefficient (Wildman–Crippen LogP) is 5.11. The van der Waals surface area contributed by atoms with Crippen molar-refractivity contribution in [1.82, 2.24) is 0 Å². The third-order valence-electron chi connectivity index (χ3n) is 3.60. The molecule has 0 fully saturated rings. The van der Waals surface area contributed by atoms with Gasteiger partial charge in [0, 0.05) is 4.91 Å². The fourth-order valence-corrected chi connectivity index (χ4v) is 2.71. The maximum Gasteiger partial charge on any atom is 0.0523 e. The molecule has 0 atom stereocenters. The minimum atomic E-state index is 0.387. The fraction of sp³-hybridized carbons (Fsp3) is 0.125. The van der Waals surface area contributed by atoms with Crippen molar-refractivity contribution in [2.24, 2.45) is 5.11 Å². The number of fused-ring (bicyclic) bond motifs is 2. The van der Waals surface area contributed by atoms with Gasteiger partial charge in [-0.3, -0.25) is 0 Å². The second kappa shape index (κ2) is 4.63. The van der Waals surface area contributed by atoms with Gasteiger partial charge in [-0.05, 0) is 45.1 Å². The number of rotatable bonds is 2. The summed E-state index contributed by atoms with van der Waals surface area (Å²) in [6.07, 6.45) is 0. The van der Waals surface area contributed by atoms with Crippen molar-refractivity contribution >= 4 is 21.5 Å². The Labute approximate surface area is 111 Å². The second-order valence-electron chi connectivity index (χ2n) is 4.58. The van der Waals surface area contributed by atoms with E-state index >= 15 is 0 Å². The second-order valence-corrected chi connectivity index (χ2v) is 4.58.